The van der Waals surface area contributed by atoms with E-state index >= 15 is 0 Å². The van der Waals surface area contributed by atoms with E-state index in [0.29, 0.717) is 8.79 Å². The number of carbonyl (C=O) groups is 1. The summed E-state index contributed by atoms with van der Waals surface area (Å²) in [6, 6.07) is 0.922. The van der Waals surface area contributed by atoms with Crippen molar-refractivity contribution in [2.45, 2.75) is 18.5 Å². The Morgan fingerprint density at radius 2 is 2.38 bits per heavy atom. The zero-order chi connectivity index (χ0) is 21.6. The summed E-state index contributed by atoms with van der Waals surface area (Å²) in [5.74, 6) is -1.60. The number of nitrogens with zero attached hydrogens (tertiary/aromatic N) is 2. The standard InChI is InChI=1S/C14H13BrClFN4O3S2/c1-21-11(13(22)19-7-2-3-9(17)8(16)4-7)5-10(20-26(21,23)24)14-18-6-12(15)25-14/h2-4,6,10-11,20H,5H2,1H3,(H,19,22)/t10-,11+/m0/s1/i1D3. The van der Waals surface area contributed by atoms with Crippen LogP contribution >= 0.6 is 38.9 Å². The van der Waals surface area contributed by atoms with E-state index in [4.69, 9.17) is 15.7 Å². The molecule has 0 saturated carbocycles. The Kier molecular flexibility index (Phi) is 4.58. The van der Waals surface area contributed by atoms with E-state index in [0.717, 1.165) is 23.5 Å². The van der Waals surface area contributed by atoms with Gasteiger partial charge in [0.2, 0.25) is 5.91 Å². The van der Waals surface area contributed by atoms with Crippen molar-refractivity contribution in [1.82, 2.24) is 14.0 Å². The molecule has 2 atom stereocenters. The zero-order valence-corrected chi connectivity index (χ0v) is 16.7. The molecule has 0 radical (unpaired) electrons. The molecule has 0 spiro atoms. The van der Waals surface area contributed by atoms with E-state index in [9.17, 15) is 17.6 Å². The van der Waals surface area contributed by atoms with Gasteiger partial charge in [0.1, 0.15) is 16.9 Å². The number of anilines is 1. The first-order chi connectivity index (χ1) is 13.4. The highest BCUT2D eigenvalue weighted by Crippen LogP contribution is 2.32. The number of likely N-dealkylation sites (N-methyl/N-ethyl adjacent to an activating group) is 1. The molecule has 26 heavy (non-hydrogen) atoms. The summed E-state index contributed by atoms with van der Waals surface area (Å²) in [4.78, 5) is 16.9. The van der Waals surface area contributed by atoms with Crippen LogP contribution in [0.3, 0.4) is 0 Å². The summed E-state index contributed by atoms with van der Waals surface area (Å²) in [5, 5.41) is 2.51. The number of aromatic nitrogens is 1. The van der Waals surface area contributed by atoms with Crippen LogP contribution in [0.5, 0.6) is 0 Å². The average Bonchev–Trinajstić information content (AvgIpc) is 3.02. The number of halogens is 3. The highest BCUT2D eigenvalue weighted by Gasteiger charge is 2.41. The first-order valence-electron chi connectivity index (χ1n) is 8.57. The van der Waals surface area contributed by atoms with Gasteiger partial charge in [-0.05, 0) is 40.5 Å². The lowest BCUT2D eigenvalue weighted by atomic mass is 10.1. The Bertz CT molecular complexity index is 1050. The minimum absolute atomic E-state index is 0.0939. The number of amides is 1. The maximum Gasteiger partial charge on any atom is 0.280 e. The maximum absolute atomic E-state index is 13.3. The summed E-state index contributed by atoms with van der Waals surface area (Å²) < 4.78 is 64.5. The van der Waals surface area contributed by atoms with Gasteiger partial charge in [-0.2, -0.15) is 17.4 Å². The van der Waals surface area contributed by atoms with Crippen molar-refractivity contribution in [2.75, 3.05) is 12.3 Å². The number of rotatable bonds is 3. The van der Waals surface area contributed by atoms with Crippen molar-refractivity contribution in [3.05, 3.63) is 44.0 Å². The van der Waals surface area contributed by atoms with Crippen LogP contribution in [-0.4, -0.2) is 36.6 Å². The van der Waals surface area contributed by atoms with Crippen LogP contribution in [0.4, 0.5) is 10.1 Å². The van der Waals surface area contributed by atoms with E-state index in [1.807, 2.05) is 0 Å². The Morgan fingerprint density at radius 3 is 3.00 bits per heavy atom. The molecule has 3 rings (SSSR count). The molecular weight excluding hydrogens is 471 g/mol. The molecule has 7 nitrogen and oxygen atoms in total. The van der Waals surface area contributed by atoms with Gasteiger partial charge in [-0.1, -0.05) is 11.6 Å². The molecule has 1 aliphatic heterocycles. The molecule has 0 aliphatic carbocycles. The topological polar surface area (TPSA) is 91.4 Å². The summed E-state index contributed by atoms with van der Waals surface area (Å²) >= 11 is 10.1. The van der Waals surface area contributed by atoms with Gasteiger partial charge in [-0.15, -0.1) is 11.3 Å². The highest BCUT2D eigenvalue weighted by molar-refractivity contribution is 9.11. The van der Waals surface area contributed by atoms with Gasteiger partial charge in [0.15, 0.2) is 0 Å². The summed E-state index contributed by atoms with van der Waals surface area (Å²) in [5.41, 5.74) is 0.0939. The van der Waals surface area contributed by atoms with Crippen molar-refractivity contribution >= 4 is 60.7 Å². The first kappa shape index (κ1) is 15.9. The van der Waals surface area contributed by atoms with E-state index in [2.05, 4.69) is 31.0 Å². The van der Waals surface area contributed by atoms with Gasteiger partial charge < -0.3 is 5.32 Å². The second-order valence-corrected chi connectivity index (χ2v) is 9.77. The summed E-state index contributed by atoms with van der Waals surface area (Å²) in [6.45, 7) is -3.11. The average molecular weight is 487 g/mol. The fourth-order valence-electron chi connectivity index (χ4n) is 2.36. The molecule has 1 saturated heterocycles. The van der Waals surface area contributed by atoms with E-state index in [1.165, 1.54) is 12.3 Å². The number of hydrogen-bond acceptors (Lipinski definition) is 5. The maximum atomic E-state index is 13.3. The molecule has 2 N–H and O–H groups in total. The fourth-order valence-corrected chi connectivity index (χ4v) is 5.12. The number of hydrogen-bond donors (Lipinski definition) is 2. The van der Waals surface area contributed by atoms with Crippen molar-refractivity contribution in [1.29, 1.82) is 0 Å². The second-order valence-electron chi connectivity index (χ2n) is 5.34. The predicted octanol–water partition coefficient (Wildman–Crippen LogP) is 2.92. The van der Waals surface area contributed by atoms with Crippen molar-refractivity contribution in [2.24, 2.45) is 0 Å². The van der Waals surface area contributed by atoms with Crippen LogP contribution in [-0.2, 0) is 15.0 Å². The SMILES string of the molecule is [2H]C([2H])([2H])N1[C@@H](C(=O)Nc2ccc(F)c(Cl)c2)C[C@@H](c2ncc(Br)s2)NS1(=O)=O. The first-order valence-corrected chi connectivity index (χ1v) is 10.5. The lowest BCUT2D eigenvalue weighted by molar-refractivity contribution is -0.120. The molecule has 140 valence electrons. The molecule has 12 heteroatoms. The van der Waals surface area contributed by atoms with Gasteiger partial charge in [0, 0.05) is 16.8 Å². The summed E-state index contributed by atoms with van der Waals surface area (Å²) in [6.07, 6.45) is 1.29. The summed E-state index contributed by atoms with van der Waals surface area (Å²) in [7, 11) is -4.55. The van der Waals surface area contributed by atoms with Gasteiger partial charge in [0.25, 0.3) is 10.2 Å². The van der Waals surface area contributed by atoms with Crippen LogP contribution < -0.4 is 10.0 Å². The number of thiazole rings is 1. The third-order valence-corrected chi connectivity index (χ3v) is 6.81. The minimum Gasteiger partial charge on any atom is -0.325 e. The minimum atomic E-state index is -4.55. The second kappa shape index (κ2) is 7.49. The normalized spacial score (nSPS) is 25.1. The quantitative estimate of drug-likeness (QED) is 0.698. The molecule has 1 aliphatic rings. The Morgan fingerprint density at radius 1 is 1.62 bits per heavy atom. The van der Waals surface area contributed by atoms with Gasteiger partial charge in [-0.3, -0.25) is 4.79 Å². The Labute approximate surface area is 171 Å². The molecule has 1 aromatic carbocycles. The van der Waals surface area contributed by atoms with Crippen LogP contribution in [0.2, 0.25) is 5.02 Å². The number of nitrogens with one attached hydrogen (secondary N) is 2. The molecule has 2 aromatic rings. The fraction of sp³-hybridized carbons (Fsp3) is 0.286. The van der Waals surface area contributed by atoms with Gasteiger partial charge >= 0.3 is 0 Å². The lowest BCUT2D eigenvalue weighted by Crippen LogP contribution is -2.55. The van der Waals surface area contributed by atoms with Crippen molar-refractivity contribution in [3.8, 4) is 0 Å². The molecule has 0 bridgehead atoms. The predicted molar refractivity (Wildman–Crippen MR) is 101 cm³/mol. The molecule has 1 fully saturated rings. The third kappa shape index (κ3) is 4.07. The van der Waals surface area contributed by atoms with E-state index < -0.39 is 41.0 Å². The highest BCUT2D eigenvalue weighted by atomic mass is 79.9. The molecule has 0 unspecified atom stereocenters. The van der Waals surface area contributed by atoms with Gasteiger partial charge in [-0.25, -0.2) is 9.37 Å². The van der Waals surface area contributed by atoms with E-state index in [1.54, 1.807) is 0 Å². The van der Waals surface area contributed by atoms with Gasteiger partial charge in [0.05, 0.1) is 21.0 Å². The van der Waals surface area contributed by atoms with Crippen LogP contribution in [0.25, 0.3) is 0 Å². The molecule has 1 aromatic heterocycles. The van der Waals surface area contributed by atoms with Crippen molar-refractivity contribution < 1.29 is 21.7 Å². The molecular formula is C14H13BrClFN4O3S2. The van der Waals surface area contributed by atoms with E-state index in [-0.39, 0.29) is 21.4 Å². The Balaban J connectivity index is 1.95. The van der Waals surface area contributed by atoms with Crippen LogP contribution in [0, 0.1) is 5.82 Å². The third-order valence-electron chi connectivity index (χ3n) is 3.58. The smallest absolute Gasteiger partial charge is 0.280 e. The lowest BCUT2D eigenvalue weighted by Gasteiger charge is -2.35. The van der Waals surface area contributed by atoms with Crippen molar-refractivity contribution in [3.63, 3.8) is 0 Å². The number of benzene rings is 1. The number of carbonyl (C=O) groups excluding carboxylic acids is 1. The Hall–Kier alpha value is -1.11. The molecule has 1 amide bonds. The monoisotopic (exact) mass is 485 g/mol. The van der Waals surface area contributed by atoms with Crippen LogP contribution in [0.1, 0.15) is 21.6 Å². The zero-order valence-electron chi connectivity index (χ0n) is 15.7. The molecule has 2 heterocycles. The van der Waals surface area contributed by atoms with Crippen LogP contribution in [0.15, 0.2) is 28.2 Å². The largest absolute Gasteiger partial charge is 0.325 e.